The van der Waals surface area contributed by atoms with E-state index in [2.05, 4.69) is 10.6 Å². The standard InChI is InChI=1S/C15H28N2O3/c1-2-20-10-9-15(7-8-15)11-16-14(19)17-12-3-5-13(18)6-4-12/h12-13,18H,2-11H2,1H3,(H2,16,17,19). The number of carbonyl (C=O) groups is 1. The first-order valence-corrected chi connectivity index (χ1v) is 7.94. The van der Waals surface area contributed by atoms with E-state index in [4.69, 9.17) is 4.74 Å². The Morgan fingerprint density at radius 2 is 2.00 bits per heavy atom. The van der Waals surface area contributed by atoms with Crippen molar-refractivity contribution in [2.75, 3.05) is 19.8 Å². The Morgan fingerprint density at radius 3 is 2.60 bits per heavy atom. The van der Waals surface area contributed by atoms with E-state index in [1.165, 1.54) is 12.8 Å². The molecule has 2 fully saturated rings. The highest BCUT2D eigenvalue weighted by atomic mass is 16.5. The van der Waals surface area contributed by atoms with Gasteiger partial charge in [-0.05, 0) is 57.3 Å². The van der Waals surface area contributed by atoms with E-state index in [0.717, 1.165) is 51.9 Å². The molecule has 0 aliphatic heterocycles. The molecule has 3 N–H and O–H groups in total. The molecule has 0 unspecified atom stereocenters. The molecule has 0 heterocycles. The largest absolute Gasteiger partial charge is 0.393 e. The van der Waals surface area contributed by atoms with Crippen LogP contribution >= 0.6 is 0 Å². The normalized spacial score (nSPS) is 27.9. The third kappa shape index (κ3) is 4.94. The molecule has 116 valence electrons. The first-order valence-electron chi connectivity index (χ1n) is 7.94. The maximum Gasteiger partial charge on any atom is 0.315 e. The van der Waals surface area contributed by atoms with Gasteiger partial charge in [0.2, 0.25) is 0 Å². The van der Waals surface area contributed by atoms with Gasteiger partial charge < -0.3 is 20.5 Å². The van der Waals surface area contributed by atoms with E-state index >= 15 is 0 Å². The van der Waals surface area contributed by atoms with Crippen LogP contribution in [0.5, 0.6) is 0 Å². The summed E-state index contributed by atoms with van der Waals surface area (Å²) in [5.74, 6) is 0. The van der Waals surface area contributed by atoms with E-state index < -0.39 is 0 Å². The highest BCUT2D eigenvalue weighted by Gasteiger charge is 2.42. The van der Waals surface area contributed by atoms with Crippen LogP contribution in [0.25, 0.3) is 0 Å². The maximum absolute atomic E-state index is 11.9. The molecule has 0 aromatic carbocycles. The summed E-state index contributed by atoms with van der Waals surface area (Å²) in [5, 5.41) is 15.5. The van der Waals surface area contributed by atoms with Gasteiger partial charge in [0.05, 0.1) is 6.10 Å². The Morgan fingerprint density at radius 1 is 1.30 bits per heavy atom. The second-order valence-electron chi connectivity index (χ2n) is 6.28. The molecule has 0 atom stereocenters. The molecule has 5 nitrogen and oxygen atoms in total. The predicted molar refractivity (Wildman–Crippen MR) is 77.6 cm³/mol. The number of urea groups is 1. The zero-order valence-electron chi connectivity index (χ0n) is 12.5. The van der Waals surface area contributed by atoms with Crippen LogP contribution in [0.2, 0.25) is 0 Å². The molecule has 0 spiro atoms. The molecule has 0 aromatic heterocycles. The molecule has 5 heteroatoms. The van der Waals surface area contributed by atoms with Gasteiger partial charge in [-0.25, -0.2) is 4.79 Å². The van der Waals surface area contributed by atoms with Crippen LogP contribution in [0, 0.1) is 5.41 Å². The molecule has 20 heavy (non-hydrogen) atoms. The van der Waals surface area contributed by atoms with Gasteiger partial charge in [-0.15, -0.1) is 0 Å². The van der Waals surface area contributed by atoms with Crippen molar-refractivity contribution in [3.05, 3.63) is 0 Å². The van der Waals surface area contributed by atoms with Gasteiger partial charge in [-0.3, -0.25) is 0 Å². The van der Waals surface area contributed by atoms with Crippen molar-refractivity contribution in [1.29, 1.82) is 0 Å². The Labute approximate surface area is 121 Å². The highest BCUT2D eigenvalue weighted by Crippen LogP contribution is 2.48. The number of hydrogen-bond acceptors (Lipinski definition) is 3. The minimum atomic E-state index is -0.176. The van der Waals surface area contributed by atoms with Crippen LogP contribution in [-0.4, -0.2) is 43.0 Å². The summed E-state index contributed by atoms with van der Waals surface area (Å²) in [6.07, 6.45) is 6.59. The predicted octanol–water partition coefficient (Wildman–Crippen LogP) is 1.80. The van der Waals surface area contributed by atoms with Crippen LogP contribution in [0.3, 0.4) is 0 Å². The fraction of sp³-hybridized carbons (Fsp3) is 0.933. The molecule has 2 saturated carbocycles. The van der Waals surface area contributed by atoms with E-state index in [1.54, 1.807) is 0 Å². The van der Waals surface area contributed by atoms with Gasteiger partial charge in [0.1, 0.15) is 0 Å². The van der Waals surface area contributed by atoms with E-state index in [1.807, 2.05) is 6.92 Å². The summed E-state index contributed by atoms with van der Waals surface area (Å²) in [6.45, 7) is 4.31. The van der Waals surface area contributed by atoms with Crippen LogP contribution in [0.4, 0.5) is 4.79 Å². The molecule has 0 bridgehead atoms. The number of hydrogen-bond donors (Lipinski definition) is 3. The zero-order valence-corrected chi connectivity index (χ0v) is 12.5. The number of nitrogens with one attached hydrogen (secondary N) is 2. The lowest BCUT2D eigenvalue weighted by molar-refractivity contribution is 0.117. The first kappa shape index (κ1) is 15.6. The Hall–Kier alpha value is -0.810. The average Bonchev–Trinajstić information content (AvgIpc) is 3.20. The van der Waals surface area contributed by atoms with Gasteiger partial charge >= 0.3 is 6.03 Å². The molecule has 0 saturated heterocycles. The number of carbonyl (C=O) groups excluding carboxylic acids is 1. The Kier molecular flexibility index (Phi) is 5.66. The smallest absolute Gasteiger partial charge is 0.315 e. The van der Waals surface area contributed by atoms with Crippen LogP contribution in [0.15, 0.2) is 0 Å². The number of rotatable bonds is 7. The van der Waals surface area contributed by atoms with Crippen LogP contribution in [0.1, 0.15) is 51.9 Å². The molecule has 2 amide bonds. The van der Waals surface area contributed by atoms with Crippen LogP contribution < -0.4 is 10.6 Å². The lowest BCUT2D eigenvalue weighted by atomic mass is 9.93. The van der Waals surface area contributed by atoms with Crippen LogP contribution in [-0.2, 0) is 4.74 Å². The fourth-order valence-electron chi connectivity index (χ4n) is 2.85. The molecule has 2 aliphatic carbocycles. The Balaban J connectivity index is 1.60. The van der Waals surface area contributed by atoms with Crippen molar-refractivity contribution in [2.24, 2.45) is 5.41 Å². The van der Waals surface area contributed by atoms with E-state index in [-0.39, 0.29) is 23.6 Å². The number of amides is 2. The third-order valence-corrected chi connectivity index (χ3v) is 4.59. The third-order valence-electron chi connectivity index (χ3n) is 4.59. The fourth-order valence-corrected chi connectivity index (χ4v) is 2.85. The van der Waals surface area contributed by atoms with Crippen molar-refractivity contribution in [3.8, 4) is 0 Å². The van der Waals surface area contributed by atoms with Gasteiger partial charge in [0, 0.05) is 25.8 Å². The van der Waals surface area contributed by atoms with Crippen molar-refractivity contribution in [2.45, 2.75) is 64.0 Å². The van der Waals surface area contributed by atoms with E-state index in [9.17, 15) is 9.90 Å². The summed E-state index contributed by atoms with van der Waals surface area (Å²) >= 11 is 0. The summed E-state index contributed by atoms with van der Waals surface area (Å²) in [5.41, 5.74) is 0.287. The molecular formula is C15H28N2O3. The summed E-state index contributed by atoms with van der Waals surface area (Å²) in [6, 6.07) is 0.158. The van der Waals surface area contributed by atoms with Gasteiger partial charge in [0.25, 0.3) is 0 Å². The molecule has 2 rings (SSSR count). The lowest BCUT2D eigenvalue weighted by Gasteiger charge is -2.26. The molecule has 0 aromatic rings. The first-order chi connectivity index (χ1) is 9.63. The number of aliphatic hydroxyl groups is 1. The zero-order chi connectivity index (χ0) is 14.4. The summed E-state index contributed by atoms with van der Waals surface area (Å²) < 4.78 is 5.40. The van der Waals surface area contributed by atoms with Crippen molar-refractivity contribution in [3.63, 3.8) is 0 Å². The molecular weight excluding hydrogens is 256 g/mol. The van der Waals surface area contributed by atoms with Crippen molar-refractivity contribution < 1.29 is 14.6 Å². The average molecular weight is 284 g/mol. The lowest BCUT2D eigenvalue weighted by Crippen LogP contribution is -2.45. The number of ether oxygens (including phenoxy) is 1. The maximum atomic E-state index is 11.9. The summed E-state index contributed by atoms with van der Waals surface area (Å²) in [4.78, 5) is 11.9. The van der Waals surface area contributed by atoms with Gasteiger partial charge in [-0.2, -0.15) is 0 Å². The van der Waals surface area contributed by atoms with Crippen molar-refractivity contribution >= 4 is 6.03 Å². The monoisotopic (exact) mass is 284 g/mol. The second kappa shape index (κ2) is 7.27. The second-order valence-corrected chi connectivity index (χ2v) is 6.28. The summed E-state index contributed by atoms with van der Waals surface area (Å²) in [7, 11) is 0. The van der Waals surface area contributed by atoms with Gasteiger partial charge in [-0.1, -0.05) is 0 Å². The molecule has 0 radical (unpaired) electrons. The topological polar surface area (TPSA) is 70.6 Å². The minimum absolute atomic E-state index is 0.0610. The number of aliphatic hydroxyl groups excluding tert-OH is 1. The van der Waals surface area contributed by atoms with E-state index in [0.29, 0.717) is 0 Å². The van der Waals surface area contributed by atoms with Gasteiger partial charge in [0.15, 0.2) is 0 Å². The minimum Gasteiger partial charge on any atom is -0.393 e. The Bertz CT molecular complexity index is 310. The van der Waals surface area contributed by atoms with Crippen molar-refractivity contribution in [1.82, 2.24) is 10.6 Å². The molecule has 2 aliphatic rings. The quantitative estimate of drug-likeness (QED) is 0.624. The SMILES string of the molecule is CCOCCC1(CNC(=O)NC2CCC(O)CC2)CC1. The highest BCUT2D eigenvalue weighted by molar-refractivity contribution is 5.74.